The van der Waals surface area contributed by atoms with E-state index in [9.17, 15) is 19.1 Å². The number of benzene rings is 2. The first-order valence-electron chi connectivity index (χ1n) is 8.11. The van der Waals surface area contributed by atoms with Crippen LogP contribution in [-0.4, -0.2) is 28.5 Å². The average Bonchev–Trinajstić information content (AvgIpc) is 2.88. The number of halogens is 1. The molecular formula is C19H19FN2O3. The second-order valence-corrected chi connectivity index (χ2v) is 6.04. The molecule has 0 aliphatic carbocycles. The molecule has 2 unspecified atom stereocenters. The summed E-state index contributed by atoms with van der Waals surface area (Å²) in [5.74, 6) is -0.813. The minimum absolute atomic E-state index is 0.190. The van der Waals surface area contributed by atoms with E-state index >= 15 is 0 Å². The lowest BCUT2D eigenvalue weighted by Gasteiger charge is -2.26. The van der Waals surface area contributed by atoms with Crippen LogP contribution in [0.2, 0.25) is 0 Å². The van der Waals surface area contributed by atoms with Crippen molar-refractivity contribution in [3.63, 3.8) is 0 Å². The third kappa shape index (κ3) is 3.00. The van der Waals surface area contributed by atoms with Gasteiger partial charge < -0.3 is 10.4 Å². The number of carbonyl (C=O) groups is 2. The molecule has 2 aromatic rings. The minimum Gasteiger partial charge on any atom is -0.387 e. The highest BCUT2D eigenvalue weighted by Crippen LogP contribution is 2.33. The molecule has 1 heterocycles. The van der Waals surface area contributed by atoms with Crippen molar-refractivity contribution in [2.45, 2.75) is 25.0 Å². The summed E-state index contributed by atoms with van der Waals surface area (Å²) in [6.45, 7) is 1.63. The van der Waals surface area contributed by atoms with Crippen LogP contribution >= 0.6 is 0 Å². The summed E-state index contributed by atoms with van der Waals surface area (Å²) in [5, 5.41) is 13.1. The maximum atomic E-state index is 13.0. The third-order valence-corrected chi connectivity index (χ3v) is 4.58. The summed E-state index contributed by atoms with van der Waals surface area (Å²) in [6, 6.07) is 13.8. The smallest absolute Gasteiger partial charge is 0.325 e. The molecule has 2 atom stereocenters. The number of nitrogens with one attached hydrogen (secondary N) is 1. The number of amides is 3. The Balaban J connectivity index is 1.85. The van der Waals surface area contributed by atoms with Crippen LogP contribution in [0.5, 0.6) is 0 Å². The van der Waals surface area contributed by atoms with Gasteiger partial charge in [0.25, 0.3) is 5.91 Å². The van der Waals surface area contributed by atoms with Gasteiger partial charge >= 0.3 is 6.03 Å². The molecule has 3 amide bonds. The Morgan fingerprint density at radius 3 is 2.36 bits per heavy atom. The number of hydrogen-bond acceptors (Lipinski definition) is 3. The normalized spacial score (nSPS) is 21.3. The van der Waals surface area contributed by atoms with Gasteiger partial charge in [-0.15, -0.1) is 0 Å². The lowest BCUT2D eigenvalue weighted by molar-refractivity contribution is -0.132. The van der Waals surface area contributed by atoms with Crippen molar-refractivity contribution in [1.29, 1.82) is 0 Å². The maximum absolute atomic E-state index is 13.0. The standard InChI is InChI=1S/C19H19FN2O3/c1-2-19(14-6-4-3-5-7-14)17(24)22(18(25)21-19)12-16(23)13-8-10-15(20)11-9-13/h3-11,16,23H,2,12H2,1H3,(H,21,25). The van der Waals surface area contributed by atoms with Gasteiger partial charge in [0.1, 0.15) is 11.4 Å². The molecule has 2 aromatic carbocycles. The lowest BCUT2D eigenvalue weighted by Crippen LogP contribution is -2.43. The van der Waals surface area contributed by atoms with Gasteiger partial charge in [-0.3, -0.25) is 9.69 Å². The first kappa shape index (κ1) is 17.1. The number of imide groups is 1. The van der Waals surface area contributed by atoms with Crippen LogP contribution in [0.25, 0.3) is 0 Å². The van der Waals surface area contributed by atoms with Crippen molar-refractivity contribution in [1.82, 2.24) is 10.2 Å². The first-order chi connectivity index (χ1) is 12.0. The van der Waals surface area contributed by atoms with Gasteiger partial charge in [0, 0.05) is 0 Å². The zero-order valence-electron chi connectivity index (χ0n) is 13.8. The highest BCUT2D eigenvalue weighted by Gasteiger charge is 2.51. The summed E-state index contributed by atoms with van der Waals surface area (Å²) in [4.78, 5) is 26.4. The number of aliphatic hydroxyl groups excluding tert-OH is 1. The summed E-state index contributed by atoms with van der Waals surface area (Å²) in [6.07, 6.45) is -0.691. The van der Waals surface area contributed by atoms with E-state index in [1.807, 2.05) is 25.1 Å². The number of urea groups is 1. The molecule has 0 saturated carbocycles. The number of aliphatic hydroxyl groups is 1. The van der Waals surface area contributed by atoms with E-state index in [1.165, 1.54) is 24.3 Å². The number of carbonyl (C=O) groups excluding carboxylic acids is 2. The Morgan fingerprint density at radius 2 is 1.76 bits per heavy atom. The van der Waals surface area contributed by atoms with Gasteiger partial charge in [0.05, 0.1) is 12.6 Å². The number of β-amino-alcohol motifs (C(OH)–C–C–N with tert-alkyl or cyclic N) is 1. The number of nitrogens with zero attached hydrogens (tertiary/aromatic N) is 1. The predicted octanol–water partition coefficient (Wildman–Crippen LogP) is 2.72. The zero-order chi connectivity index (χ0) is 18.0. The van der Waals surface area contributed by atoms with Crippen molar-refractivity contribution >= 4 is 11.9 Å². The Kier molecular flexibility index (Phi) is 4.55. The Bertz CT molecular complexity index is 779. The molecule has 1 fully saturated rings. The molecule has 0 bridgehead atoms. The molecule has 2 N–H and O–H groups in total. The molecule has 130 valence electrons. The topological polar surface area (TPSA) is 69.6 Å². The third-order valence-electron chi connectivity index (χ3n) is 4.58. The second kappa shape index (κ2) is 6.64. The summed E-state index contributed by atoms with van der Waals surface area (Å²) in [7, 11) is 0. The molecule has 5 nitrogen and oxygen atoms in total. The Morgan fingerprint density at radius 1 is 1.12 bits per heavy atom. The van der Waals surface area contributed by atoms with E-state index in [0.717, 1.165) is 4.90 Å². The van der Waals surface area contributed by atoms with E-state index in [4.69, 9.17) is 0 Å². The molecule has 1 aliphatic heterocycles. The van der Waals surface area contributed by atoms with Crippen molar-refractivity contribution in [3.8, 4) is 0 Å². The van der Waals surface area contributed by atoms with Crippen LogP contribution in [0.1, 0.15) is 30.6 Å². The largest absolute Gasteiger partial charge is 0.387 e. The van der Waals surface area contributed by atoms with Gasteiger partial charge in [-0.1, -0.05) is 49.4 Å². The molecule has 6 heteroatoms. The molecule has 1 aliphatic rings. The van der Waals surface area contributed by atoms with Gasteiger partial charge in [-0.2, -0.15) is 0 Å². The minimum atomic E-state index is -1.12. The summed E-state index contributed by atoms with van der Waals surface area (Å²) >= 11 is 0. The van der Waals surface area contributed by atoms with Crippen LogP contribution < -0.4 is 5.32 Å². The lowest BCUT2D eigenvalue weighted by atomic mass is 9.87. The average molecular weight is 342 g/mol. The van der Waals surface area contributed by atoms with Gasteiger partial charge in [0.15, 0.2) is 0 Å². The number of hydrogen-bond donors (Lipinski definition) is 2. The Hall–Kier alpha value is -2.73. The molecule has 3 rings (SSSR count). The zero-order valence-corrected chi connectivity index (χ0v) is 13.8. The second-order valence-electron chi connectivity index (χ2n) is 6.04. The van der Waals surface area contributed by atoms with Gasteiger partial charge in [0.2, 0.25) is 0 Å². The van der Waals surface area contributed by atoms with E-state index in [1.54, 1.807) is 12.1 Å². The van der Waals surface area contributed by atoms with Crippen molar-refractivity contribution in [3.05, 3.63) is 71.5 Å². The maximum Gasteiger partial charge on any atom is 0.325 e. The van der Waals surface area contributed by atoms with Crippen molar-refractivity contribution < 1.29 is 19.1 Å². The van der Waals surface area contributed by atoms with E-state index in [-0.39, 0.29) is 6.54 Å². The fourth-order valence-corrected chi connectivity index (χ4v) is 3.12. The Labute approximate surface area is 145 Å². The van der Waals surface area contributed by atoms with Crippen LogP contribution in [0.15, 0.2) is 54.6 Å². The van der Waals surface area contributed by atoms with Crippen LogP contribution in [-0.2, 0) is 10.3 Å². The van der Waals surface area contributed by atoms with Crippen LogP contribution in [0, 0.1) is 5.82 Å². The first-order valence-corrected chi connectivity index (χ1v) is 8.11. The highest BCUT2D eigenvalue weighted by atomic mass is 19.1. The summed E-state index contributed by atoms with van der Waals surface area (Å²) < 4.78 is 13.0. The van der Waals surface area contributed by atoms with Gasteiger partial charge in [-0.25, -0.2) is 9.18 Å². The monoisotopic (exact) mass is 342 g/mol. The molecule has 1 saturated heterocycles. The van der Waals surface area contributed by atoms with Gasteiger partial charge in [-0.05, 0) is 29.7 Å². The van der Waals surface area contributed by atoms with E-state index in [0.29, 0.717) is 17.5 Å². The number of rotatable bonds is 5. The van der Waals surface area contributed by atoms with Crippen molar-refractivity contribution in [2.75, 3.05) is 6.54 Å². The van der Waals surface area contributed by atoms with E-state index < -0.39 is 29.4 Å². The molecule has 25 heavy (non-hydrogen) atoms. The summed E-state index contributed by atoms with van der Waals surface area (Å²) in [5.41, 5.74) is 0.0197. The van der Waals surface area contributed by atoms with E-state index in [2.05, 4.69) is 5.32 Å². The molecule has 0 spiro atoms. The SMILES string of the molecule is CCC1(c2ccccc2)NC(=O)N(CC(O)c2ccc(F)cc2)C1=O. The molecular weight excluding hydrogens is 323 g/mol. The molecule has 0 aromatic heterocycles. The fourth-order valence-electron chi connectivity index (χ4n) is 3.12. The van der Waals surface area contributed by atoms with Crippen LogP contribution in [0.3, 0.4) is 0 Å². The quantitative estimate of drug-likeness (QED) is 0.821. The molecule has 0 radical (unpaired) electrons. The van der Waals surface area contributed by atoms with Crippen molar-refractivity contribution in [2.24, 2.45) is 0 Å². The van der Waals surface area contributed by atoms with Crippen LogP contribution in [0.4, 0.5) is 9.18 Å². The predicted molar refractivity (Wildman–Crippen MR) is 90.0 cm³/mol. The highest BCUT2D eigenvalue weighted by molar-refractivity contribution is 6.07. The fraction of sp³-hybridized carbons (Fsp3) is 0.263.